The summed E-state index contributed by atoms with van der Waals surface area (Å²) in [5.41, 5.74) is 1.36. The maximum absolute atomic E-state index is 11.6. The summed E-state index contributed by atoms with van der Waals surface area (Å²) in [6.07, 6.45) is 4.07. The molecule has 1 atom stereocenters. The van der Waals surface area contributed by atoms with Crippen molar-refractivity contribution in [2.75, 3.05) is 13.1 Å². The summed E-state index contributed by atoms with van der Waals surface area (Å²) in [7, 11) is 0. The average Bonchev–Trinajstić information content (AvgIpc) is 2.81. The van der Waals surface area contributed by atoms with Gasteiger partial charge in [-0.1, -0.05) is 37.3 Å². The lowest BCUT2D eigenvalue weighted by Crippen LogP contribution is -2.26. The average molecular weight is 245 g/mol. The van der Waals surface area contributed by atoms with Crippen LogP contribution in [0.2, 0.25) is 0 Å². The number of Topliss-reactive ketones (excluding diaryl/α,β-unsaturated/α-hetero) is 1. The molecular formula is C16H23NO. The van der Waals surface area contributed by atoms with Gasteiger partial charge in [0.1, 0.15) is 5.78 Å². The number of benzene rings is 1. The Labute approximate surface area is 110 Å². The van der Waals surface area contributed by atoms with E-state index in [1.807, 2.05) is 0 Å². The van der Waals surface area contributed by atoms with Gasteiger partial charge in [-0.05, 0) is 37.9 Å². The van der Waals surface area contributed by atoms with Crippen LogP contribution in [0, 0.1) is 5.92 Å². The summed E-state index contributed by atoms with van der Waals surface area (Å²) >= 11 is 0. The first kappa shape index (κ1) is 13.3. The third kappa shape index (κ3) is 3.67. The van der Waals surface area contributed by atoms with Gasteiger partial charge in [0.2, 0.25) is 0 Å². The highest BCUT2D eigenvalue weighted by atomic mass is 16.1. The molecule has 1 aromatic rings. The Bertz CT molecular complexity index is 374. The van der Waals surface area contributed by atoms with Crippen LogP contribution in [0.3, 0.4) is 0 Å². The minimum absolute atomic E-state index is 0.342. The molecule has 18 heavy (non-hydrogen) atoms. The molecule has 98 valence electrons. The topological polar surface area (TPSA) is 20.3 Å². The number of ketones is 1. The summed E-state index contributed by atoms with van der Waals surface area (Å²) in [5, 5.41) is 0. The van der Waals surface area contributed by atoms with E-state index < -0.39 is 0 Å². The van der Waals surface area contributed by atoms with E-state index in [2.05, 4.69) is 42.2 Å². The van der Waals surface area contributed by atoms with Gasteiger partial charge in [-0.15, -0.1) is 0 Å². The summed E-state index contributed by atoms with van der Waals surface area (Å²) in [5.74, 6) is 0.834. The SMILES string of the molecule is CCN(CCC1CCCC1=O)Cc1ccccc1. The highest BCUT2D eigenvalue weighted by Gasteiger charge is 2.24. The molecule has 1 aliphatic rings. The lowest BCUT2D eigenvalue weighted by Gasteiger charge is -2.21. The molecule has 2 nitrogen and oxygen atoms in total. The van der Waals surface area contributed by atoms with E-state index >= 15 is 0 Å². The quantitative estimate of drug-likeness (QED) is 0.766. The maximum Gasteiger partial charge on any atom is 0.136 e. The normalized spacial score (nSPS) is 19.7. The first-order chi connectivity index (χ1) is 8.79. The van der Waals surface area contributed by atoms with Gasteiger partial charge in [0.25, 0.3) is 0 Å². The number of carbonyl (C=O) groups is 1. The largest absolute Gasteiger partial charge is 0.299 e. The molecule has 2 rings (SSSR count). The molecule has 1 fully saturated rings. The Morgan fingerprint density at radius 3 is 2.67 bits per heavy atom. The monoisotopic (exact) mass is 245 g/mol. The van der Waals surface area contributed by atoms with Crippen molar-refractivity contribution in [2.45, 2.75) is 39.2 Å². The lowest BCUT2D eigenvalue weighted by atomic mass is 10.0. The van der Waals surface area contributed by atoms with E-state index in [1.54, 1.807) is 0 Å². The van der Waals surface area contributed by atoms with Gasteiger partial charge in [-0.3, -0.25) is 9.69 Å². The second-order valence-corrected chi connectivity index (χ2v) is 5.20. The van der Waals surface area contributed by atoms with Crippen molar-refractivity contribution < 1.29 is 4.79 Å². The van der Waals surface area contributed by atoms with Crippen LogP contribution in [0.25, 0.3) is 0 Å². The van der Waals surface area contributed by atoms with Crippen molar-refractivity contribution in [2.24, 2.45) is 5.92 Å². The highest BCUT2D eigenvalue weighted by molar-refractivity contribution is 5.82. The molecule has 0 aliphatic heterocycles. The zero-order valence-corrected chi connectivity index (χ0v) is 11.3. The van der Waals surface area contributed by atoms with E-state index in [1.165, 1.54) is 5.56 Å². The van der Waals surface area contributed by atoms with E-state index in [0.29, 0.717) is 11.7 Å². The van der Waals surface area contributed by atoms with Crippen LogP contribution in [-0.4, -0.2) is 23.8 Å². The first-order valence-electron chi connectivity index (χ1n) is 7.08. The molecule has 2 heteroatoms. The van der Waals surface area contributed by atoms with Crippen LogP contribution in [0.5, 0.6) is 0 Å². The van der Waals surface area contributed by atoms with Gasteiger partial charge in [-0.2, -0.15) is 0 Å². The van der Waals surface area contributed by atoms with Gasteiger partial charge >= 0.3 is 0 Å². The van der Waals surface area contributed by atoms with Gasteiger partial charge < -0.3 is 0 Å². The Balaban J connectivity index is 1.80. The zero-order chi connectivity index (χ0) is 12.8. The number of nitrogens with zero attached hydrogens (tertiary/aromatic N) is 1. The summed E-state index contributed by atoms with van der Waals surface area (Å²) in [6.45, 7) is 5.29. The summed E-state index contributed by atoms with van der Waals surface area (Å²) < 4.78 is 0. The van der Waals surface area contributed by atoms with Crippen LogP contribution < -0.4 is 0 Å². The molecular weight excluding hydrogens is 222 g/mol. The van der Waals surface area contributed by atoms with E-state index in [4.69, 9.17) is 0 Å². The lowest BCUT2D eigenvalue weighted by molar-refractivity contribution is -0.120. The highest BCUT2D eigenvalue weighted by Crippen LogP contribution is 2.24. The molecule has 1 saturated carbocycles. The fraction of sp³-hybridized carbons (Fsp3) is 0.562. The van der Waals surface area contributed by atoms with Crippen molar-refractivity contribution in [3.05, 3.63) is 35.9 Å². The minimum atomic E-state index is 0.342. The molecule has 0 aromatic heterocycles. The maximum atomic E-state index is 11.6. The second kappa shape index (κ2) is 6.69. The standard InChI is InChI=1S/C16H23NO/c1-2-17(13-14-7-4-3-5-8-14)12-11-15-9-6-10-16(15)18/h3-5,7-8,15H,2,6,9-13H2,1H3. The minimum Gasteiger partial charge on any atom is -0.299 e. The molecule has 0 spiro atoms. The molecule has 0 N–H and O–H groups in total. The molecule has 0 amide bonds. The van der Waals surface area contributed by atoms with Crippen molar-refractivity contribution >= 4 is 5.78 Å². The Morgan fingerprint density at radius 2 is 2.06 bits per heavy atom. The Kier molecular flexibility index (Phi) is 4.94. The summed E-state index contributed by atoms with van der Waals surface area (Å²) in [6, 6.07) is 10.6. The fourth-order valence-corrected chi connectivity index (χ4v) is 2.72. The predicted octanol–water partition coefficient (Wildman–Crippen LogP) is 3.27. The third-order valence-corrected chi connectivity index (χ3v) is 3.92. The van der Waals surface area contributed by atoms with Crippen molar-refractivity contribution in [1.82, 2.24) is 4.90 Å². The number of hydrogen-bond acceptors (Lipinski definition) is 2. The van der Waals surface area contributed by atoms with Gasteiger partial charge in [0.15, 0.2) is 0 Å². The van der Waals surface area contributed by atoms with E-state index in [0.717, 1.165) is 45.3 Å². The Morgan fingerprint density at radius 1 is 1.28 bits per heavy atom. The number of rotatable bonds is 6. The smallest absolute Gasteiger partial charge is 0.136 e. The van der Waals surface area contributed by atoms with Crippen LogP contribution in [0.1, 0.15) is 38.2 Å². The van der Waals surface area contributed by atoms with E-state index in [-0.39, 0.29) is 0 Å². The van der Waals surface area contributed by atoms with Crippen molar-refractivity contribution in [3.63, 3.8) is 0 Å². The first-order valence-corrected chi connectivity index (χ1v) is 7.08. The van der Waals surface area contributed by atoms with Gasteiger partial charge in [0.05, 0.1) is 0 Å². The molecule has 1 aromatic carbocycles. The summed E-state index contributed by atoms with van der Waals surface area (Å²) in [4.78, 5) is 14.0. The van der Waals surface area contributed by atoms with Crippen LogP contribution in [0.15, 0.2) is 30.3 Å². The zero-order valence-electron chi connectivity index (χ0n) is 11.3. The van der Waals surface area contributed by atoms with Crippen LogP contribution >= 0.6 is 0 Å². The van der Waals surface area contributed by atoms with Gasteiger partial charge in [0, 0.05) is 18.9 Å². The third-order valence-electron chi connectivity index (χ3n) is 3.92. The second-order valence-electron chi connectivity index (χ2n) is 5.20. The Hall–Kier alpha value is -1.15. The molecule has 1 unspecified atom stereocenters. The molecule has 0 bridgehead atoms. The molecule has 0 saturated heterocycles. The predicted molar refractivity (Wildman–Crippen MR) is 74.4 cm³/mol. The van der Waals surface area contributed by atoms with Crippen LogP contribution in [-0.2, 0) is 11.3 Å². The number of hydrogen-bond donors (Lipinski definition) is 0. The molecule has 1 aliphatic carbocycles. The van der Waals surface area contributed by atoms with Crippen molar-refractivity contribution in [1.29, 1.82) is 0 Å². The van der Waals surface area contributed by atoms with Crippen LogP contribution in [0.4, 0.5) is 0 Å². The molecule has 0 heterocycles. The number of carbonyl (C=O) groups excluding carboxylic acids is 1. The van der Waals surface area contributed by atoms with E-state index in [9.17, 15) is 4.79 Å². The van der Waals surface area contributed by atoms with Gasteiger partial charge in [-0.25, -0.2) is 0 Å². The fourth-order valence-electron chi connectivity index (χ4n) is 2.72. The van der Waals surface area contributed by atoms with Crippen molar-refractivity contribution in [3.8, 4) is 0 Å². The molecule has 0 radical (unpaired) electrons.